The molecule has 3 rings (SSSR count). The van der Waals surface area contributed by atoms with Gasteiger partial charge in [-0.05, 0) is 42.5 Å². The number of sulfonamides is 1. The number of fused-ring (bicyclic) bond motifs is 1. The van der Waals surface area contributed by atoms with Gasteiger partial charge in [0.15, 0.2) is 0 Å². The molecule has 0 fully saturated rings. The molecule has 2 heterocycles. The van der Waals surface area contributed by atoms with Crippen LogP contribution in [-0.2, 0) is 34.2 Å². The third-order valence-electron chi connectivity index (χ3n) is 4.77. The number of hydrogen-bond donors (Lipinski definition) is 1. The minimum Gasteiger partial charge on any atom is -0.338 e. The van der Waals surface area contributed by atoms with Crippen molar-refractivity contribution in [1.82, 2.24) is 9.62 Å². The highest BCUT2D eigenvalue weighted by molar-refractivity contribution is 7.91. The summed E-state index contributed by atoms with van der Waals surface area (Å²) in [5, 5.41) is 0. The van der Waals surface area contributed by atoms with Gasteiger partial charge < -0.3 is 4.90 Å². The Morgan fingerprint density at radius 3 is 2.62 bits per heavy atom. The normalized spacial score (nSPS) is 15.6. The summed E-state index contributed by atoms with van der Waals surface area (Å²) in [6.07, 6.45) is 1.67. The molecule has 2 aromatic rings. The van der Waals surface area contributed by atoms with Crippen molar-refractivity contribution in [3.63, 3.8) is 0 Å². The van der Waals surface area contributed by atoms with Crippen molar-refractivity contribution in [1.29, 1.82) is 0 Å². The van der Waals surface area contributed by atoms with Crippen molar-refractivity contribution in [3.8, 4) is 0 Å². The molecule has 1 amide bonds. The maximum Gasteiger partial charge on any atom is 0.250 e. The smallest absolute Gasteiger partial charge is 0.250 e. The molecule has 1 aliphatic rings. The lowest BCUT2D eigenvalue weighted by Gasteiger charge is -2.25. The highest BCUT2D eigenvalue weighted by atomic mass is 32.2. The molecule has 0 saturated heterocycles. The van der Waals surface area contributed by atoms with Crippen LogP contribution in [0.5, 0.6) is 0 Å². The number of carbonyl (C=O) groups is 1. The van der Waals surface area contributed by atoms with E-state index >= 15 is 0 Å². The first-order valence-corrected chi connectivity index (χ1v) is 11.1. The Bertz CT molecular complexity index is 901. The molecule has 0 aliphatic carbocycles. The molecule has 26 heavy (non-hydrogen) atoms. The van der Waals surface area contributed by atoms with Crippen LogP contribution >= 0.6 is 11.3 Å². The number of nitrogens with one attached hydrogen (secondary N) is 1. The topological polar surface area (TPSA) is 66.5 Å². The van der Waals surface area contributed by atoms with Gasteiger partial charge in [0.1, 0.15) is 4.21 Å². The van der Waals surface area contributed by atoms with E-state index in [9.17, 15) is 13.2 Å². The summed E-state index contributed by atoms with van der Waals surface area (Å²) >= 11 is 1.31. The molecule has 1 atom stereocenters. The van der Waals surface area contributed by atoms with E-state index in [0.717, 1.165) is 22.4 Å². The summed E-state index contributed by atoms with van der Waals surface area (Å²) in [7, 11) is -3.59. The number of nitrogens with zero attached hydrogens (tertiary/aromatic N) is 1. The zero-order valence-corrected chi connectivity index (χ0v) is 16.9. The number of carbonyl (C=O) groups excluding carboxylic acids is 1. The first-order chi connectivity index (χ1) is 12.3. The highest BCUT2D eigenvalue weighted by Crippen LogP contribution is 2.31. The molecule has 1 aromatic heterocycles. The predicted molar refractivity (Wildman–Crippen MR) is 104 cm³/mol. The number of thiophene rings is 1. The summed E-state index contributed by atoms with van der Waals surface area (Å²) < 4.78 is 28.7. The summed E-state index contributed by atoms with van der Waals surface area (Å²) in [4.78, 5) is 14.4. The first-order valence-electron chi connectivity index (χ1n) is 8.78. The van der Waals surface area contributed by atoms with E-state index in [0.29, 0.717) is 23.7 Å². The van der Waals surface area contributed by atoms with Crippen LogP contribution in [0.25, 0.3) is 0 Å². The van der Waals surface area contributed by atoms with Crippen LogP contribution in [0.1, 0.15) is 48.4 Å². The van der Waals surface area contributed by atoms with E-state index in [1.54, 1.807) is 17.9 Å². The average Bonchev–Trinajstić information content (AvgIpc) is 3.05. The second-order valence-electron chi connectivity index (χ2n) is 6.64. The molecule has 0 bridgehead atoms. The van der Waals surface area contributed by atoms with E-state index in [4.69, 9.17) is 0 Å². The molecule has 1 N–H and O–H groups in total. The Morgan fingerprint density at radius 1 is 1.31 bits per heavy atom. The highest BCUT2D eigenvalue weighted by Gasteiger charge is 2.26. The molecule has 1 aliphatic heterocycles. The fourth-order valence-corrected chi connectivity index (χ4v) is 5.90. The van der Waals surface area contributed by atoms with E-state index in [1.807, 2.05) is 31.2 Å². The summed E-state index contributed by atoms with van der Waals surface area (Å²) in [5.74, 6) is 0.0218. The van der Waals surface area contributed by atoms with Crippen molar-refractivity contribution >= 4 is 27.3 Å². The van der Waals surface area contributed by atoms with Gasteiger partial charge in [0.2, 0.25) is 5.91 Å². The molecule has 1 unspecified atom stereocenters. The van der Waals surface area contributed by atoms with Crippen molar-refractivity contribution in [2.24, 2.45) is 0 Å². The lowest BCUT2D eigenvalue weighted by Crippen LogP contribution is -2.33. The number of amides is 1. The van der Waals surface area contributed by atoms with E-state index in [-0.39, 0.29) is 11.9 Å². The largest absolute Gasteiger partial charge is 0.338 e. The fraction of sp³-hybridized carbons (Fsp3) is 0.421. The lowest BCUT2D eigenvalue weighted by molar-refractivity contribution is -0.129. The van der Waals surface area contributed by atoms with Gasteiger partial charge in [0.05, 0.1) is 0 Å². The maximum absolute atomic E-state index is 12.8. The quantitative estimate of drug-likeness (QED) is 0.849. The van der Waals surface area contributed by atoms with Gasteiger partial charge in [-0.25, -0.2) is 13.1 Å². The van der Waals surface area contributed by atoms with E-state index in [2.05, 4.69) is 11.6 Å². The Hall–Kier alpha value is -1.70. The van der Waals surface area contributed by atoms with Crippen molar-refractivity contribution in [2.45, 2.75) is 50.4 Å². The van der Waals surface area contributed by atoms with Gasteiger partial charge in [-0.1, -0.05) is 31.2 Å². The fourth-order valence-electron chi connectivity index (χ4n) is 3.11. The number of rotatable bonds is 5. The number of hydrogen-bond acceptors (Lipinski definition) is 4. The predicted octanol–water partition coefficient (Wildman–Crippen LogP) is 3.25. The lowest BCUT2D eigenvalue weighted by atomic mass is 10.1. The molecule has 0 saturated carbocycles. The average molecular weight is 393 g/mol. The second-order valence-corrected chi connectivity index (χ2v) is 9.72. The zero-order valence-electron chi connectivity index (χ0n) is 15.3. The van der Waals surface area contributed by atoms with Crippen molar-refractivity contribution in [2.75, 3.05) is 6.54 Å². The minimum atomic E-state index is -3.59. The molecule has 0 spiro atoms. The second kappa shape index (κ2) is 7.50. The Labute approximate surface area is 159 Å². The van der Waals surface area contributed by atoms with E-state index < -0.39 is 10.0 Å². The van der Waals surface area contributed by atoms with Crippen LogP contribution in [-0.4, -0.2) is 25.8 Å². The van der Waals surface area contributed by atoms with Crippen LogP contribution in [0.2, 0.25) is 0 Å². The van der Waals surface area contributed by atoms with Gasteiger partial charge in [-0.2, -0.15) is 0 Å². The first kappa shape index (κ1) is 19.1. The van der Waals surface area contributed by atoms with Crippen molar-refractivity contribution < 1.29 is 13.2 Å². The minimum absolute atomic E-state index is 0.0218. The molecular weight excluding hydrogens is 368 g/mol. The number of aryl methyl sites for hydroxylation is 1. The summed E-state index contributed by atoms with van der Waals surface area (Å²) in [5.41, 5.74) is 3.11. The maximum atomic E-state index is 12.8. The van der Waals surface area contributed by atoms with Gasteiger partial charge in [0.25, 0.3) is 10.0 Å². The van der Waals surface area contributed by atoms with Crippen LogP contribution in [0, 0.1) is 0 Å². The van der Waals surface area contributed by atoms with Gasteiger partial charge in [0, 0.05) is 30.9 Å². The van der Waals surface area contributed by atoms with Crippen LogP contribution in [0.4, 0.5) is 0 Å². The van der Waals surface area contributed by atoms with Gasteiger partial charge in [-0.3, -0.25) is 4.79 Å². The molecule has 1 aromatic carbocycles. The summed E-state index contributed by atoms with van der Waals surface area (Å²) in [6.45, 7) is 6.62. The molecule has 7 heteroatoms. The van der Waals surface area contributed by atoms with Gasteiger partial charge >= 0.3 is 0 Å². The number of benzene rings is 1. The van der Waals surface area contributed by atoms with Crippen molar-refractivity contribution in [3.05, 3.63) is 51.9 Å². The standard InChI is InChI=1S/C19H24N2O3S2/c1-4-15-5-7-16(8-6-15)13(2)20-26(23,24)19-11-17-12-21(14(3)22)10-9-18(17)25-19/h5-8,11,13,20H,4,9-10,12H2,1-3H3. The van der Waals surface area contributed by atoms with Gasteiger partial charge in [-0.15, -0.1) is 11.3 Å². The Morgan fingerprint density at radius 2 is 2.00 bits per heavy atom. The van der Waals surface area contributed by atoms with Crippen LogP contribution in [0.3, 0.4) is 0 Å². The molecule has 5 nitrogen and oxygen atoms in total. The molecule has 0 radical (unpaired) electrons. The summed E-state index contributed by atoms with van der Waals surface area (Å²) in [6, 6.07) is 9.40. The Balaban J connectivity index is 1.77. The van der Waals surface area contributed by atoms with Crippen LogP contribution < -0.4 is 4.72 Å². The van der Waals surface area contributed by atoms with E-state index in [1.165, 1.54) is 16.9 Å². The SMILES string of the molecule is CCc1ccc(C(C)NS(=O)(=O)c2cc3c(s2)CCN(C(C)=O)C3)cc1. The third-order valence-corrected chi connectivity index (χ3v) is 8.03. The molecular formula is C19H24N2O3S2. The third kappa shape index (κ3) is 4.00. The zero-order chi connectivity index (χ0) is 18.9. The molecule has 140 valence electrons. The Kier molecular flexibility index (Phi) is 5.50. The monoisotopic (exact) mass is 392 g/mol. The van der Waals surface area contributed by atoms with Crippen LogP contribution in [0.15, 0.2) is 34.5 Å².